The molecule has 2 heterocycles. The Kier molecular flexibility index (Phi) is 3.77. The van der Waals surface area contributed by atoms with Crippen LogP contribution in [0.3, 0.4) is 0 Å². The average Bonchev–Trinajstić information content (AvgIpc) is 2.81. The number of H-pyrrole nitrogens is 1. The fourth-order valence-corrected chi connectivity index (χ4v) is 3.02. The monoisotopic (exact) mass is 308 g/mol. The third kappa shape index (κ3) is 2.47. The summed E-state index contributed by atoms with van der Waals surface area (Å²) in [6.45, 7) is 3.96. The van der Waals surface area contributed by atoms with E-state index in [0.717, 1.165) is 37.2 Å². The van der Waals surface area contributed by atoms with Crippen molar-refractivity contribution >= 4 is 23.3 Å². The summed E-state index contributed by atoms with van der Waals surface area (Å²) in [7, 11) is 5.42. The van der Waals surface area contributed by atoms with E-state index < -0.39 is 0 Å². The Hall–Kier alpha value is -1.73. The summed E-state index contributed by atoms with van der Waals surface area (Å²) >= 11 is 5.49. The number of hydrogen-bond acceptors (Lipinski definition) is 5. The minimum atomic E-state index is 0.699. The molecule has 0 radical (unpaired) electrons. The number of rotatable bonds is 3. The van der Waals surface area contributed by atoms with E-state index in [0.29, 0.717) is 16.3 Å². The maximum absolute atomic E-state index is 5.49. The molecule has 0 bridgehead atoms. The molecule has 0 aliphatic carbocycles. The molecule has 0 unspecified atom stereocenters. The molecule has 2 aromatic rings. The van der Waals surface area contributed by atoms with E-state index >= 15 is 0 Å². The van der Waals surface area contributed by atoms with Gasteiger partial charge in [-0.2, -0.15) is 0 Å². The van der Waals surface area contributed by atoms with Gasteiger partial charge in [-0.1, -0.05) is 0 Å². The largest absolute Gasteiger partial charge is 0.493 e. The lowest BCUT2D eigenvalue weighted by Gasteiger charge is -2.34. The minimum Gasteiger partial charge on any atom is -0.493 e. The molecule has 0 saturated carbocycles. The lowest BCUT2D eigenvalue weighted by Crippen LogP contribution is -2.49. The second-order valence-electron chi connectivity index (χ2n) is 5.22. The highest BCUT2D eigenvalue weighted by atomic mass is 32.1. The fraction of sp³-hybridized carbons (Fsp3) is 0.500. The van der Waals surface area contributed by atoms with Gasteiger partial charge in [-0.15, -0.1) is 0 Å². The maximum Gasteiger partial charge on any atom is 0.197 e. The summed E-state index contributed by atoms with van der Waals surface area (Å²) in [6.07, 6.45) is 0. The number of imidazole rings is 1. The molecule has 0 amide bonds. The van der Waals surface area contributed by atoms with Crippen molar-refractivity contribution in [2.75, 3.05) is 52.5 Å². The summed E-state index contributed by atoms with van der Waals surface area (Å²) in [5.74, 6) is 1.41. The summed E-state index contributed by atoms with van der Waals surface area (Å²) in [6, 6.07) is 3.90. The molecule has 1 aromatic carbocycles. The normalized spacial score (nSPS) is 16.4. The van der Waals surface area contributed by atoms with Gasteiger partial charge in [-0.3, -0.25) is 0 Å². The molecule has 0 spiro atoms. The highest BCUT2D eigenvalue weighted by Crippen LogP contribution is 2.32. The van der Waals surface area contributed by atoms with Crippen molar-refractivity contribution in [2.24, 2.45) is 0 Å². The first kappa shape index (κ1) is 14.2. The van der Waals surface area contributed by atoms with Crippen LogP contribution in [-0.4, -0.2) is 62.0 Å². The lowest BCUT2D eigenvalue weighted by atomic mass is 10.2. The van der Waals surface area contributed by atoms with Crippen LogP contribution in [-0.2, 0) is 0 Å². The van der Waals surface area contributed by atoms with Crippen LogP contribution in [0.5, 0.6) is 11.5 Å². The topological polar surface area (TPSA) is 45.7 Å². The van der Waals surface area contributed by atoms with Gasteiger partial charge in [-0.05, 0) is 19.3 Å². The first-order valence-electron chi connectivity index (χ1n) is 6.94. The molecule has 21 heavy (non-hydrogen) atoms. The second-order valence-corrected chi connectivity index (χ2v) is 5.61. The standard InChI is InChI=1S/C14H20N4O2S/c1-16-4-6-17(7-5-16)18-11-9-13(20-3)12(19-2)8-10(11)15-14(18)21/h8-9H,4-7H2,1-3H3,(H,15,21). The third-order valence-electron chi connectivity index (χ3n) is 3.93. The van der Waals surface area contributed by atoms with Gasteiger partial charge in [0.15, 0.2) is 16.3 Å². The van der Waals surface area contributed by atoms with Gasteiger partial charge in [0.2, 0.25) is 0 Å². The first-order chi connectivity index (χ1) is 10.1. The van der Waals surface area contributed by atoms with Gasteiger partial charge >= 0.3 is 0 Å². The van der Waals surface area contributed by atoms with Crippen LogP contribution in [0.4, 0.5) is 0 Å². The highest BCUT2D eigenvalue weighted by molar-refractivity contribution is 7.71. The van der Waals surface area contributed by atoms with Crippen molar-refractivity contribution in [3.63, 3.8) is 0 Å². The molecule has 1 aliphatic rings. The smallest absolute Gasteiger partial charge is 0.197 e. The Morgan fingerprint density at radius 1 is 1.05 bits per heavy atom. The number of ether oxygens (including phenoxy) is 2. The van der Waals surface area contributed by atoms with Crippen LogP contribution in [0.25, 0.3) is 11.0 Å². The van der Waals surface area contributed by atoms with E-state index in [-0.39, 0.29) is 0 Å². The Bertz CT molecular complexity index is 701. The highest BCUT2D eigenvalue weighted by Gasteiger charge is 2.18. The number of methoxy groups -OCH3 is 2. The quantitative estimate of drug-likeness (QED) is 0.873. The molecular formula is C14H20N4O2S. The van der Waals surface area contributed by atoms with Crippen LogP contribution < -0.4 is 14.5 Å². The van der Waals surface area contributed by atoms with E-state index in [4.69, 9.17) is 21.7 Å². The summed E-state index contributed by atoms with van der Waals surface area (Å²) in [5, 5.41) is 2.27. The van der Waals surface area contributed by atoms with E-state index in [1.54, 1.807) is 14.2 Å². The number of likely N-dealkylation sites (N-methyl/N-ethyl adjacent to an activating group) is 1. The number of benzene rings is 1. The second kappa shape index (κ2) is 5.57. The molecule has 3 rings (SSSR count). The average molecular weight is 308 g/mol. The zero-order valence-corrected chi connectivity index (χ0v) is 13.4. The number of piperazine rings is 1. The van der Waals surface area contributed by atoms with Gasteiger partial charge in [0.05, 0.1) is 25.3 Å². The van der Waals surface area contributed by atoms with E-state index in [9.17, 15) is 0 Å². The van der Waals surface area contributed by atoms with E-state index in [1.165, 1.54) is 0 Å². The zero-order chi connectivity index (χ0) is 15.0. The Labute approximate surface area is 128 Å². The molecule has 1 N–H and O–H groups in total. The molecule has 1 saturated heterocycles. The molecule has 6 nitrogen and oxygen atoms in total. The predicted octanol–water partition coefficient (Wildman–Crippen LogP) is 1.60. The van der Waals surface area contributed by atoms with Crippen molar-refractivity contribution in [1.82, 2.24) is 14.6 Å². The predicted molar refractivity (Wildman–Crippen MR) is 85.7 cm³/mol. The molecule has 1 aromatic heterocycles. The van der Waals surface area contributed by atoms with E-state index in [1.807, 2.05) is 12.1 Å². The molecule has 0 atom stereocenters. The van der Waals surface area contributed by atoms with Crippen LogP contribution >= 0.6 is 12.2 Å². The Morgan fingerprint density at radius 2 is 1.67 bits per heavy atom. The van der Waals surface area contributed by atoms with Gasteiger partial charge in [0.1, 0.15) is 0 Å². The number of aromatic nitrogens is 2. The molecule has 1 fully saturated rings. The lowest BCUT2D eigenvalue weighted by molar-refractivity contribution is 0.288. The van der Waals surface area contributed by atoms with Crippen molar-refractivity contribution in [1.29, 1.82) is 0 Å². The van der Waals surface area contributed by atoms with Crippen LogP contribution in [0.15, 0.2) is 12.1 Å². The number of hydrogen-bond donors (Lipinski definition) is 1. The van der Waals surface area contributed by atoms with Gasteiger partial charge in [0, 0.05) is 38.3 Å². The SMILES string of the molecule is COc1cc2[nH]c(=S)n(N3CCN(C)CC3)c2cc1OC. The number of aromatic amines is 1. The first-order valence-corrected chi connectivity index (χ1v) is 7.35. The Morgan fingerprint density at radius 3 is 2.29 bits per heavy atom. The number of nitrogens with one attached hydrogen (secondary N) is 1. The summed E-state index contributed by atoms with van der Waals surface area (Å²) in [4.78, 5) is 5.57. The number of fused-ring (bicyclic) bond motifs is 1. The van der Waals surface area contributed by atoms with Crippen molar-refractivity contribution in [2.45, 2.75) is 0 Å². The fourth-order valence-electron chi connectivity index (χ4n) is 2.70. The van der Waals surface area contributed by atoms with Crippen LogP contribution in [0.1, 0.15) is 0 Å². The molecular weight excluding hydrogens is 288 g/mol. The van der Waals surface area contributed by atoms with Crippen molar-refractivity contribution in [3.05, 3.63) is 16.9 Å². The van der Waals surface area contributed by atoms with Crippen LogP contribution in [0.2, 0.25) is 0 Å². The molecule has 7 heteroatoms. The van der Waals surface area contributed by atoms with Gasteiger partial charge in [0.25, 0.3) is 0 Å². The van der Waals surface area contributed by atoms with Crippen molar-refractivity contribution < 1.29 is 9.47 Å². The van der Waals surface area contributed by atoms with E-state index in [2.05, 4.69) is 26.6 Å². The molecule has 114 valence electrons. The summed E-state index contributed by atoms with van der Waals surface area (Å²) < 4.78 is 13.5. The minimum absolute atomic E-state index is 0.699. The Balaban J connectivity index is 2.10. The zero-order valence-electron chi connectivity index (χ0n) is 12.5. The molecule has 1 aliphatic heterocycles. The van der Waals surface area contributed by atoms with Gasteiger partial charge < -0.3 is 24.4 Å². The van der Waals surface area contributed by atoms with Gasteiger partial charge in [-0.25, -0.2) is 4.68 Å². The van der Waals surface area contributed by atoms with Crippen LogP contribution in [0, 0.1) is 4.77 Å². The van der Waals surface area contributed by atoms with Crippen molar-refractivity contribution in [3.8, 4) is 11.5 Å². The summed E-state index contributed by atoms with van der Waals surface area (Å²) in [5.41, 5.74) is 1.97. The number of nitrogens with zero attached hydrogens (tertiary/aromatic N) is 3. The third-order valence-corrected chi connectivity index (χ3v) is 4.20. The maximum atomic E-state index is 5.49.